The lowest BCUT2D eigenvalue weighted by Gasteiger charge is -2.13. The van der Waals surface area contributed by atoms with E-state index in [1.54, 1.807) is 0 Å². The minimum Gasteiger partial charge on any atom is -0.382 e. The van der Waals surface area contributed by atoms with Crippen molar-refractivity contribution in [1.82, 2.24) is 14.1 Å². The Labute approximate surface area is 127 Å². The molecule has 1 N–H and O–H groups in total. The van der Waals surface area contributed by atoms with Crippen molar-refractivity contribution < 1.29 is 8.42 Å². The van der Waals surface area contributed by atoms with E-state index in [1.165, 1.54) is 29.3 Å². The van der Waals surface area contributed by atoms with Crippen LogP contribution in [-0.4, -0.2) is 48.9 Å². The second-order valence-corrected chi connectivity index (χ2v) is 7.52. The Morgan fingerprint density at radius 1 is 1.45 bits per heavy atom. The highest BCUT2D eigenvalue weighted by Gasteiger charge is 2.14. The molecule has 0 amide bonds. The van der Waals surface area contributed by atoms with Crippen molar-refractivity contribution in [3.63, 3.8) is 0 Å². The molecule has 20 heavy (non-hydrogen) atoms. The minimum atomic E-state index is -3.26. The molecule has 0 bridgehead atoms. The average molecular weight is 367 g/mol. The maximum atomic E-state index is 11.9. The van der Waals surface area contributed by atoms with Gasteiger partial charge in [-0.3, -0.25) is 4.79 Å². The van der Waals surface area contributed by atoms with Crippen LogP contribution in [0.4, 0.5) is 5.69 Å². The standard InChI is InChI=1S/C11H19BrN4O3S/c1-4-6-16-11(17)10(12)9(8-14-16)13-5-7-20(18,19)15(2)3/h8,13H,4-7H2,1-3H3. The van der Waals surface area contributed by atoms with Gasteiger partial charge in [0.1, 0.15) is 4.47 Å². The van der Waals surface area contributed by atoms with Crippen molar-refractivity contribution >= 4 is 31.6 Å². The normalized spacial score (nSPS) is 11.8. The van der Waals surface area contributed by atoms with E-state index in [2.05, 4.69) is 26.3 Å². The predicted octanol–water partition coefficient (Wildman–Crippen LogP) is 0.719. The Morgan fingerprint density at radius 2 is 2.10 bits per heavy atom. The van der Waals surface area contributed by atoms with Crippen molar-refractivity contribution in [2.45, 2.75) is 19.9 Å². The highest BCUT2D eigenvalue weighted by Crippen LogP contribution is 2.15. The summed E-state index contributed by atoms with van der Waals surface area (Å²) in [5.74, 6) is -0.0511. The number of hydrogen-bond acceptors (Lipinski definition) is 5. The molecule has 114 valence electrons. The van der Waals surface area contributed by atoms with Crippen LogP contribution in [0.25, 0.3) is 0 Å². The van der Waals surface area contributed by atoms with Gasteiger partial charge in [-0.1, -0.05) is 6.92 Å². The molecule has 1 heterocycles. The predicted molar refractivity (Wildman–Crippen MR) is 82.5 cm³/mol. The lowest BCUT2D eigenvalue weighted by molar-refractivity contribution is 0.521. The smallest absolute Gasteiger partial charge is 0.283 e. The fourth-order valence-corrected chi connectivity index (χ4v) is 2.63. The fraction of sp³-hybridized carbons (Fsp3) is 0.636. The van der Waals surface area contributed by atoms with Crippen LogP contribution >= 0.6 is 15.9 Å². The molecule has 0 unspecified atom stereocenters. The van der Waals surface area contributed by atoms with E-state index < -0.39 is 10.0 Å². The van der Waals surface area contributed by atoms with Crippen molar-refractivity contribution in [3.8, 4) is 0 Å². The highest BCUT2D eigenvalue weighted by atomic mass is 79.9. The molecule has 0 saturated carbocycles. The lowest BCUT2D eigenvalue weighted by Crippen LogP contribution is -2.29. The molecule has 9 heteroatoms. The number of sulfonamides is 1. The van der Waals surface area contributed by atoms with Crippen LogP contribution in [0.15, 0.2) is 15.5 Å². The van der Waals surface area contributed by atoms with Gasteiger partial charge in [-0.05, 0) is 22.4 Å². The van der Waals surface area contributed by atoms with Crippen molar-refractivity contribution in [2.75, 3.05) is 31.7 Å². The SMILES string of the molecule is CCCn1ncc(NCCS(=O)(=O)N(C)C)c(Br)c1=O. The van der Waals surface area contributed by atoms with Gasteiger partial charge in [-0.15, -0.1) is 0 Å². The second kappa shape index (κ2) is 7.19. The van der Waals surface area contributed by atoms with Gasteiger partial charge in [0.25, 0.3) is 5.56 Å². The molecule has 0 aliphatic heterocycles. The summed E-state index contributed by atoms with van der Waals surface area (Å²) in [6, 6.07) is 0. The third kappa shape index (κ3) is 4.29. The third-order valence-electron chi connectivity index (χ3n) is 2.65. The number of halogens is 1. The van der Waals surface area contributed by atoms with Gasteiger partial charge < -0.3 is 5.32 Å². The van der Waals surface area contributed by atoms with Crippen LogP contribution in [0.5, 0.6) is 0 Å². The van der Waals surface area contributed by atoms with E-state index in [9.17, 15) is 13.2 Å². The van der Waals surface area contributed by atoms with Gasteiger partial charge >= 0.3 is 0 Å². The van der Waals surface area contributed by atoms with E-state index in [1.807, 2.05) is 6.92 Å². The lowest BCUT2D eigenvalue weighted by atomic mass is 10.4. The molecule has 0 aliphatic rings. The fourth-order valence-electron chi connectivity index (χ4n) is 1.46. The van der Waals surface area contributed by atoms with Crippen LogP contribution in [0.3, 0.4) is 0 Å². The second-order valence-electron chi connectivity index (χ2n) is 4.43. The largest absolute Gasteiger partial charge is 0.382 e. The summed E-state index contributed by atoms with van der Waals surface area (Å²) in [5.41, 5.74) is 0.267. The summed E-state index contributed by atoms with van der Waals surface area (Å²) in [6.45, 7) is 2.71. The Morgan fingerprint density at radius 3 is 2.65 bits per heavy atom. The first-order valence-electron chi connectivity index (χ1n) is 6.19. The number of anilines is 1. The number of nitrogens with zero attached hydrogens (tertiary/aromatic N) is 3. The topological polar surface area (TPSA) is 84.3 Å². The molecule has 0 fully saturated rings. The van der Waals surface area contributed by atoms with Gasteiger partial charge in [0.2, 0.25) is 10.0 Å². The van der Waals surface area contributed by atoms with Gasteiger partial charge in [-0.25, -0.2) is 17.4 Å². The van der Waals surface area contributed by atoms with Gasteiger partial charge in [0, 0.05) is 27.2 Å². The zero-order chi connectivity index (χ0) is 15.3. The molecule has 0 spiro atoms. The van der Waals surface area contributed by atoms with E-state index in [4.69, 9.17) is 0 Å². The zero-order valence-corrected chi connectivity index (χ0v) is 14.2. The number of hydrogen-bond donors (Lipinski definition) is 1. The van der Waals surface area contributed by atoms with E-state index >= 15 is 0 Å². The summed E-state index contributed by atoms with van der Waals surface area (Å²) in [7, 11) is -0.287. The van der Waals surface area contributed by atoms with Crippen LogP contribution in [0.1, 0.15) is 13.3 Å². The maximum Gasteiger partial charge on any atom is 0.283 e. The Bertz CT molecular complexity index is 613. The van der Waals surface area contributed by atoms with Crippen LogP contribution in [0.2, 0.25) is 0 Å². The molecule has 7 nitrogen and oxygen atoms in total. The molecule has 0 radical (unpaired) electrons. The zero-order valence-electron chi connectivity index (χ0n) is 11.8. The molecule has 0 aliphatic carbocycles. The van der Waals surface area contributed by atoms with E-state index in [0.29, 0.717) is 16.7 Å². The molecular formula is C11H19BrN4O3S. The third-order valence-corrected chi connectivity index (χ3v) is 5.25. The summed E-state index contributed by atoms with van der Waals surface area (Å²) in [5, 5.41) is 6.94. The van der Waals surface area contributed by atoms with Crippen LogP contribution in [0, 0.1) is 0 Å². The average Bonchev–Trinajstić information content (AvgIpc) is 2.37. The molecule has 1 rings (SSSR count). The Balaban J connectivity index is 2.76. The first-order valence-corrected chi connectivity index (χ1v) is 8.59. The van der Waals surface area contributed by atoms with E-state index in [-0.39, 0.29) is 17.9 Å². The number of rotatable bonds is 7. The summed E-state index contributed by atoms with van der Waals surface area (Å²) < 4.78 is 26.1. The molecule has 0 saturated heterocycles. The molecule has 1 aromatic heterocycles. The van der Waals surface area contributed by atoms with Crippen LogP contribution < -0.4 is 10.9 Å². The monoisotopic (exact) mass is 366 g/mol. The molecule has 1 aromatic rings. The maximum absolute atomic E-state index is 11.9. The highest BCUT2D eigenvalue weighted by molar-refractivity contribution is 9.10. The quantitative estimate of drug-likeness (QED) is 0.768. The first-order chi connectivity index (χ1) is 9.29. The number of aromatic nitrogens is 2. The first kappa shape index (κ1) is 17.1. The number of aryl methyl sites for hydroxylation is 1. The summed E-state index contributed by atoms with van der Waals surface area (Å²) in [4.78, 5) is 11.9. The Kier molecular flexibility index (Phi) is 6.15. The summed E-state index contributed by atoms with van der Waals surface area (Å²) >= 11 is 3.21. The van der Waals surface area contributed by atoms with Gasteiger partial charge in [-0.2, -0.15) is 5.10 Å². The molecular weight excluding hydrogens is 348 g/mol. The van der Waals surface area contributed by atoms with Gasteiger partial charge in [0.15, 0.2) is 0 Å². The van der Waals surface area contributed by atoms with Crippen molar-refractivity contribution in [2.24, 2.45) is 0 Å². The van der Waals surface area contributed by atoms with Crippen molar-refractivity contribution in [3.05, 3.63) is 21.0 Å². The summed E-state index contributed by atoms with van der Waals surface area (Å²) in [6.07, 6.45) is 2.33. The Hall–Kier alpha value is -0.930. The van der Waals surface area contributed by atoms with Crippen LogP contribution in [-0.2, 0) is 16.6 Å². The molecule has 0 atom stereocenters. The molecule has 0 aromatic carbocycles. The van der Waals surface area contributed by atoms with Gasteiger partial charge in [0.05, 0.1) is 17.6 Å². The van der Waals surface area contributed by atoms with E-state index in [0.717, 1.165) is 6.42 Å². The minimum absolute atomic E-state index is 0.0511. The van der Waals surface area contributed by atoms with Crippen molar-refractivity contribution in [1.29, 1.82) is 0 Å². The number of nitrogens with one attached hydrogen (secondary N) is 1.